The van der Waals surface area contributed by atoms with Crippen LogP contribution in [0.4, 0.5) is 5.69 Å². The number of rotatable bonds is 7. The topological polar surface area (TPSA) is 70.7 Å². The Morgan fingerprint density at radius 2 is 2.04 bits per heavy atom. The number of amides is 1. The van der Waals surface area contributed by atoms with Crippen molar-refractivity contribution in [2.24, 2.45) is 5.92 Å². The van der Waals surface area contributed by atoms with Crippen molar-refractivity contribution in [3.05, 3.63) is 41.1 Å². The van der Waals surface area contributed by atoms with Gasteiger partial charge in [-0.2, -0.15) is 0 Å². The molecule has 0 spiro atoms. The molecular weight excluding hydrogens is 374 g/mol. The predicted molar refractivity (Wildman–Crippen MR) is 115 cm³/mol. The highest BCUT2D eigenvalue weighted by Gasteiger charge is 2.34. The van der Waals surface area contributed by atoms with Crippen LogP contribution in [0.1, 0.15) is 52.6 Å². The van der Waals surface area contributed by atoms with Crippen molar-refractivity contribution in [2.45, 2.75) is 47.1 Å². The second-order valence-electron chi connectivity index (χ2n) is 7.15. The van der Waals surface area contributed by atoms with Crippen molar-refractivity contribution in [3.63, 3.8) is 0 Å². The van der Waals surface area contributed by atoms with E-state index >= 15 is 0 Å². The van der Waals surface area contributed by atoms with E-state index in [0.717, 1.165) is 11.3 Å². The third-order valence-corrected chi connectivity index (χ3v) is 4.84. The minimum Gasteiger partial charge on any atom is -0.462 e. The first-order chi connectivity index (χ1) is 13.3. The van der Waals surface area contributed by atoms with Gasteiger partial charge in [0.2, 0.25) is 5.91 Å². The Kier molecular flexibility index (Phi) is 7.57. The zero-order valence-corrected chi connectivity index (χ0v) is 18.0. The van der Waals surface area contributed by atoms with Gasteiger partial charge in [-0.15, -0.1) is 0 Å². The number of hydrogen-bond donors (Lipinski definition) is 2. The maximum atomic E-state index is 12.9. The maximum Gasteiger partial charge on any atom is 0.338 e. The quantitative estimate of drug-likeness (QED) is 0.534. The summed E-state index contributed by atoms with van der Waals surface area (Å²) in [7, 11) is 0. The maximum absolute atomic E-state index is 12.9. The number of allylic oxidation sites excluding steroid dienone is 1. The van der Waals surface area contributed by atoms with E-state index in [0.29, 0.717) is 35.9 Å². The lowest BCUT2D eigenvalue weighted by Crippen LogP contribution is -2.47. The molecule has 1 aliphatic heterocycles. The molecule has 2 rings (SSSR count). The van der Waals surface area contributed by atoms with Crippen LogP contribution in [0.5, 0.6) is 0 Å². The molecule has 0 aliphatic carbocycles. The highest BCUT2D eigenvalue weighted by molar-refractivity contribution is 7.80. The van der Waals surface area contributed by atoms with E-state index in [1.807, 2.05) is 56.9 Å². The van der Waals surface area contributed by atoms with Crippen LogP contribution in [0.3, 0.4) is 0 Å². The lowest BCUT2D eigenvalue weighted by atomic mass is 9.94. The van der Waals surface area contributed by atoms with Gasteiger partial charge in [-0.05, 0) is 49.7 Å². The van der Waals surface area contributed by atoms with Crippen LogP contribution in [0.15, 0.2) is 35.5 Å². The van der Waals surface area contributed by atoms with Gasteiger partial charge in [0.25, 0.3) is 0 Å². The van der Waals surface area contributed by atoms with Gasteiger partial charge < -0.3 is 20.3 Å². The highest BCUT2D eigenvalue weighted by Crippen LogP contribution is 2.32. The lowest BCUT2D eigenvalue weighted by molar-refractivity contribution is -0.140. The van der Waals surface area contributed by atoms with Crippen molar-refractivity contribution < 1.29 is 14.3 Å². The highest BCUT2D eigenvalue weighted by atomic mass is 32.1. The SMILES string of the molecule is CCC(=O)Nc1cccc([C@@H]2NC(=S)N(CC)C(C)=C2C(=O)OCC(C)C)c1. The molecule has 1 aromatic carbocycles. The Balaban J connectivity index is 2.43. The molecule has 7 heteroatoms. The zero-order chi connectivity index (χ0) is 20.8. The van der Waals surface area contributed by atoms with Crippen LogP contribution in [-0.4, -0.2) is 35.0 Å². The third-order valence-electron chi connectivity index (χ3n) is 4.51. The molecule has 1 heterocycles. The van der Waals surface area contributed by atoms with Crippen LogP contribution in [0, 0.1) is 5.92 Å². The molecule has 0 radical (unpaired) electrons. The summed E-state index contributed by atoms with van der Waals surface area (Å²) in [5.41, 5.74) is 2.84. The second kappa shape index (κ2) is 9.68. The molecule has 152 valence electrons. The molecule has 1 amide bonds. The normalized spacial score (nSPS) is 16.9. The molecule has 0 aromatic heterocycles. The molecule has 0 saturated carbocycles. The number of nitrogens with one attached hydrogen (secondary N) is 2. The lowest BCUT2D eigenvalue weighted by Gasteiger charge is -2.37. The largest absolute Gasteiger partial charge is 0.462 e. The Labute approximate surface area is 172 Å². The van der Waals surface area contributed by atoms with E-state index in [1.54, 1.807) is 6.92 Å². The van der Waals surface area contributed by atoms with Gasteiger partial charge in [0.1, 0.15) is 0 Å². The van der Waals surface area contributed by atoms with Gasteiger partial charge in [0, 0.05) is 24.4 Å². The number of esters is 1. The molecule has 0 fully saturated rings. The molecule has 28 heavy (non-hydrogen) atoms. The minimum absolute atomic E-state index is 0.0651. The van der Waals surface area contributed by atoms with E-state index in [2.05, 4.69) is 10.6 Å². The van der Waals surface area contributed by atoms with E-state index in [4.69, 9.17) is 17.0 Å². The van der Waals surface area contributed by atoms with Crippen LogP contribution in [0.2, 0.25) is 0 Å². The first kappa shape index (κ1) is 21.9. The van der Waals surface area contributed by atoms with E-state index in [1.165, 1.54) is 0 Å². The second-order valence-corrected chi connectivity index (χ2v) is 7.53. The van der Waals surface area contributed by atoms with Crippen LogP contribution in [0.25, 0.3) is 0 Å². The summed E-state index contributed by atoms with van der Waals surface area (Å²) >= 11 is 5.51. The van der Waals surface area contributed by atoms with Crippen LogP contribution in [-0.2, 0) is 14.3 Å². The average molecular weight is 404 g/mol. The number of ether oxygens (including phenoxy) is 1. The number of thiocarbonyl (C=S) groups is 1. The van der Waals surface area contributed by atoms with Crippen LogP contribution < -0.4 is 10.6 Å². The van der Waals surface area contributed by atoms with Gasteiger partial charge in [-0.1, -0.05) is 32.9 Å². The average Bonchev–Trinajstić information content (AvgIpc) is 2.66. The number of benzene rings is 1. The predicted octanol–water partition coefficient (Wildman–Crippen LogP) is 3.76. The van der Waals surface area contributed by atoms with Gasteiger partial charge in [-0.25, -0.2) is 4.79 Å². The van der Waals surface area contributed by atoms with Crippen LogP contribution >= 0.6 is 12.2 Å². The molecule has 1 aromatic rings. The molecule has 1 atom stereocenters. The van der Waals surface area contributed by atoms with Crippen molar-refractivity contribution in [3.8, 4) is 0 Å². The van der Waals surface area contributed by atoms with Gasteiger partial charge in [-0.3, -0.25) is 4.79 Å². The molecule has 0 bridgehead atoms. The molecule has 1 aliphatic rings. The van der Waals surface area contributed by atoms with Gasteiger partial charge >= 0.3 is 5.97 Å². The molecule has 0 unspecified atom stereocenters. The number of hydrogen-bond acceptors (Lipinski definition) is 4. The molecular formula is C21H29N3O3S. The summed E-state index contributed by atoms with van der Waals surface area (Å²) in [5.74, 6) is -0.173. The van der Waals surface area contributed by atoms with Gasteiger partial charge in [0.15, 0.2) is 5.11 Å². The third kappa shape index (κ3) is 5.10. The number of carbonyl (C=O) groups excluding carboxylic acids is 2. The monoisotopic (exact) mass is 403 g/mol. The van der Waals surface area contributed by atoms with Crippen molar-refractivity contribution in [1.29, 1.82) is 0 Å². The Morgan fingerprint density at radius 1 is 1.32 bits per heavy atom. The summed E-state index contributed by atoms with van der Waals surface area (Å²) in [5, 5.41) is 6.68. The van der Waals surface area contributed by atoms with Gasteiger partial charge in [0.05, 0.1) is 18.2 Å². The Hall–Kier alpha value is -2.41. The minimum atomic E-state index is -0.437. The number of nitrogens with zero attached hydrogens (tertiary/aromatic N) is 1. The van der Waals surface area contributed by atoms with Crippen molar-refractivity contribution >= 4 is 34.9 Å². The molecule has 0 saturated heterocycles. The fourth-order valence-electron chi connectivity index (χ4n) is 3.04. The standard InChI is InChI=1S/C21H29N3O3S/c1-6-17(25)22-16-10-8-9-15(11-16)19-18(20(26)27-12-13(3)4)14(5)24(7-2)21(28)23-19/h8-11,13,19H,6-7,12H2,1-5H3,(H,22,25)(H,23,28)/t19-/m0/s1. The van der Waals surface area contributed by atoms with E-state index in [9.17, 15) is 9.59 Å². The number of anilines is 1. The summed E-state index contributed by atoms with van der Waals surface area (Å²) in [6.45, 7) is 10.7. The van der Waals surface area contributed by atoms with E-state index < -0.39 is 6.04 Å². The molecule has 2 N–H and O–H groups in total. The summed E-state index contributed by atoms with van der Waals surface area (Å²) < 4.78 is 5.53. The van der Waals surface area contributed by atoms with Crippen molar-refractivity contribution in [2.75, 3.05) is 18.5 Å². The Morgan fingerprint density at radius 3 is 2.64 bits per heavy atom. The first-order valence-electron chi connectivity index (χ1n) is 9.64. The molecule has 6 nitrogen and oxygen atoms in total. The fourth-order valence-corrected chi connectivity index (χ4v) is 3.43. The number of carbonyl (C=O) groups is 2. The summed E-state index contributed by atoms with van der Waals surface area (Å²) in [4.78, 5) is 26.5. The first-order valence-corrected chi connectivity index (χ1v) is 10.0. The van der Waals surface area contributed by atoms with E-state index in [-0.39, 0.29) is 17.8 Å². The summed E-state index contributed by atoms with van der Waals surface area (Å²) in [6.07, 6.45) is 0.396. The zero-order valence-electron chi connectivity index (χ0n) is 17.2. The smallest absolute Gasteiger partial charge is 0.338 e. The fraction of sp³-hybridized carbons (Fsp3) is 0.476. The van der Waals surface area contributed by atoms with Crippen molar-refractivity contribution in [1.82, 2.24) is 10.2 Å². The Bertz CT molecular complexity index is 789. The summed E-state index contributed by atoms with van der Waals surface area (Å²) in [6, 6.07) is 7.01.